The van der Waals surface area contributed by atoms with E-state index in [9.17, 15) is 0 Å². The van der Waals surface area contributed by atoms with Gasteiger partial charge in [-0.25, -0.2) is 4.68 Å². The molecule has 16 heavy (non-hydrogen) atoms. The fourth-order valence-electron chi connectivity index (χ4n) is 1.60. The quantitative estimate of drug-likeness (QED) is 0.871. The zero-order valence-corrected chi connectivity index (χ0v) is 9.94. The molecule has 2 heterocycles. The Morgan fingerprint density at radius 1 is 1.50 bits per heavy atom. The topological polar surface area (TPSA) is 56.7 Å². The molecule has 0 saturated heterocycles. The maximum atomic E-state index is 6.01. The van der Waals surface area contributed by atoms with E-state index in [2.05, 4.69) is 10.1 Å². The number of pyridine rings is 1. The van der Waals surface area contributed by atoms with Crippen molar-refractivity contribution in [3.05, 3.63) is 40.8 Å². The van der Waals surface area contributed by atoms with Crippen LogP contribution in [-0.4, -0.2) is 14.8 Å². The molecule has 5 heteroatoms. The summed E-state index contributed by atoms with van der Waals surface area (Å²) in [4.78, 5) is 4.08. The molecule has 2 aromatic heterocycles. The van der Waals surface area contributed by atoms with Crippen molar-refractivity contribution >= 4 is 17.4 Å². The number of anilines is 1. The molecule has 0 amide bonds. The average Bonchev–Trinajstić information content (AvgIpc) is 2.57. The summed E-state index contributed by atoms with van der Waals surface area (Å²) in [5.74, 6) is 0.496. The number of hydrogen-bond acceptors (Lipinski definition) is 3. The molecule has 0 aliphatic rings. The molecule has 0 aromatic carbocycles. The highest BCUT2D eigenvalue weighted by Gasteiger charge is 2.16. The standard InChI is InChI=1S/C11H13ClN4/c1-7-10(12)11(13)16(15-7)8(2)9-4-3-5-14-6-9/h3-6,8H,13H2,1-2H3. The summed E-state index contributed by atoms with van der Waals surface area (Å²) in [6.45, 7) is 3.85. The van der Waals surface area contributed by atoms with Crippen molar-refractivity contribution in [2.24, 2.45) is 0 Å². The van der Waals surface area contributed by atoms with E-state index in [-0.39, 0.29) is 6.04 Å². The predicted octanol–water partition coefficient (Wildman–Crippen LogP) is 2.43. The second-order valence-electron chi connectivity index (χ2n) is 3.69. The van der Waals surface area contributed by atoms with Gasteiger partial charge in [0.05, 0.1) is 11.7 Å². The van der Waals surface area contributed by atoms with Gasteiger partial charge in [-0.15, -0.1) is 0 Å². The van der Waals surface area contributed by atoms with Gasteiger partial charge < -0.3 is 5.73 Å². The molecule has 2 rings (SSSR count). The third-order valence-corrected chi connectivity index (χ3v) is 3.05. The highest BCUT2D eigenvalue weighted by molar-refractivity contribution is 6.33. The third kappa shape index (κ3) is 1.76. The number of aromatic nitrogens is 3. The fraction of sp³-hybridized carbons (Fsp3) is 0.273. The van der Waals surface area contributed by atoms with Crippen LogP contribution in [0.15, 0.2) is 24.5 Å². The minimum absolute atomic E-state index is 0.0277. The van der Waals surface area contributed by atoms with Crippen molar-refractivity contribution < 1.29 is 0 Å². The van der Waals surface area contributed by atoms with E-state index in [4.69, 9.17) is 17.3 Å². The molecule has 2 N–H and O–H groups in total. The maximum Gasteiger partial charge on any atom is 0.141 e. The second kappa shape index (κ2) is 4.14. The summed E-state index contributed by atoms with van der Waals surface area (Å²) in [5.41, 5.74) is 7.68. The van der Waals surface area contributed by atoms with Crippen molar-refractivity contribution in [2.75, 3.05) is 5.73 Å². The van der Waals surface area contributed by atoms with Gasteiger partial charge in [0, 0.05) is 12.4 Å². The van der Waals surface area contributed by atoms with Gasteiger partial charge in [-0.05, 0) is 25.5 Å². The third-order valence-electron chi connectivity index (χ3n) is 2.58. The summed E-state index contributed by atoms with van der Waals surface area (Å²) in [6.07, 6.45) is 3.54. The largest absolute Gasteiger partial charge is 0.383 e. The zero-order chi connectivity index (χ0) is 11.7. The van der Waals surface area contributed by atoms with Crippen LogP contribution in [-0.2, 0) is 0 Å². The Bertz CT molecular complexity index is 492. The zero-order valence-electron chi connectivity index (χ0n) is 9.18. The Hall–Kier alpha value is -1.55. The van der Waals surface area contributed by atoms with Crippen molar-refractivity contribution in [2.45, 2.75) is 19.9 Å². The van der Waals surface area contributed by atoms with Crippen LogP contribution in [0.4, 0.5) is 5.82 Å². The van der Waals surface area contributed by atoms with Gasteiger partial charge >= 0.3 is 0 Å². The second-order valence-corrected chi connectivity index (χ2v) is 4.07. The molecule has 0 spiro atoms. The van der Waals surface area contributed by atoms with Crippen LogP contribution in [0.5, 0.6) is 0 Å². The van der Waals surface area contributed by atoms with E-state index in [1.807, 2.05) is 26.0 Å². The van der Waals surface area contributed by atoms with Crippen molar-refractivity contribution in [1.82, 2.24) is 14.8 Å². The first-order valence-corrected chi connectivity index (χ1v) is 5.39. The first-order chi connectivity index (χ1) is 7.61. The van der Waals surface area contributed by atoms with E-state index >= 15 is 0 Å². The molecule has 1 unspecified atom stereocenters. The number of hydrogen-bond donors (Lipinski definition) is 1. The Morgan fingerprint density at radius 2 is 2.25 bits per heavy atom. The van der Waals surface area contributed by atoms with E-state index < -0.39 is 0 Å². The van der Waals surface area contributed by atoms with Crippen LogP contribution in [0.1, 0.15) is 24.2 Å². The minimum Gasteiger partial charge on any atom is -0.383 e. The van der Waals surface area contributed by atoms with Crippen LogP contribution in [0, 0.1) is 6.92 Å². The summed E-state index contributed by atoms with van der Waals surface area (Å²) in [6, 6.07) is 3.90. The molecule has 1 atom stereocenters. The van der Waals surface area contributed by atoms with Gasteiger partial charge in [0.25, 0.3) is 0 Å². The summed E-state index contributed by atoms with van der Waals surface area (Å²) in [5, 5.41) is 4.84. The molecule has 2 aromatic rings. The van der Waals surface area contributed by atoms with Gasteiger partial charge in [0.15, 0.2) is 0 Å². The Labute approximate surface area is 99.1 Å². The lowest BCUT2D eigenvalue weighted by Gasteiger charge is -2.13. The predicted molar refractivity (Wildman–Crippen MR) is 64.4 cm³/mol. The summed E-state index contributed by atoms with van der Waals surface area (Å²) in [7, 11) is 0. The van der Waals surface area contributed by atoms with Gasteiger partial charge in [-0.3, -0.25) is 4.98 Å². The van der Waals surface area contributed by atoms with Crippen molar-refractivity contribution in [1.29, 1.82) is 0 Å². The van der Waals surface area contributed by atoms with Crippen LogP contribution in [0.25, 0.3) is 0 Å². The summed E-state index contributed by atoms with van der Waals surface area (Å²) < 4.78 is 1.72. The van der Waals surface area contributed by atoms with E-state index in [0.29, 0.717) is 10.8 Å². The van der Waals surface area contributed by atoms with Crippen LogP contribution < -0.4 is 5.73 Å². The van der Waals surface area contributed by atoms with E-state index in [0.717, 1.165) is 11.3 Å². The smallest absolute Gasteiger partial charge is 0.141 e. The monoisotopic (exact) mass is 236 g/mol. The minimum atomic E-state index is 0.0277. The van der Waals surface area contributed by atoms with Gasteiger partial charge in [-0.1, -0.05) is 17.7 Å². The van der Waals surface area contributed by atoms with Crippen LogP contribution >= 0.6 is 11.6 Å². The number of rotatable bonds is 2. The van der Waals surface area contributed by atoms with Gasteiger partial charge in [0.1, 0.15) is 10.8 Å². The molecule has 0 radical (unpaired) electrons. The van der Waals surface area contributed by atoms with Gasteiger partial charge in [-0.2, -0.15) is 5.10 Å². The molecular weight excluding hydrogens is 224 g/mol. The highest BCUT2D eigenvalue weighted by atomic mass is 35.5. The summed E-state index contributed by atoms with van der Waals surface area (Å²) >= 11 is 6.01. The first kappa shape index (κ1) is 11.0. The molecule has 0 saturated carbocycles. The number of halogens is 1. The number of nitrogens with zero attached hydrogens (tertiary/aromatic N) is 3. The molecule has 0 bridgehead atoms. The van der Waals surface area contributed by atoms with Crippen molar-refractivity contribution in [3.8, 4) is 0 Å². The average molecular weight is 237 g/mol. The van der Waals surface area contributed by atoms with Gasteiger partial charge in [0.2, 0.25) is 0 Å². The Morgan fingerprint density at radius 3 is 2.75 bits per heavy atom. The molecule has 4 nitrogen and oxygen atoms in total. The lowest BCUT2D eigenvalue weighted by atomic mass is 10.1. The Balaban J connectivity index is 2.42. The Kier molecular flexibility index (Phi) is 2.83. The molecule has 84 valence electrons. The molecule has 0 aliphatic carbocycles. The molecule has 0 fully saturated rings. The van der Waals surface area contributed by atoms with E-state index in [1.54, 1.807) is 17.1 Å². The lowest BCUT2D eigenvalue weighted by molar-refractivity contribution is 0.567. The lowest BCUT2D eigenvalue weighted by Crippen LogP contribution is -2.11. The highest BCUT2D eigenvalue weighted by Crippen LogP contribution is 2.27. The van der Waals surface area contributed by atoms with Crippen LogP contribution in [0.3, 0.4) is 0 Å². The fourth-order valence-corrected chi connectivity index (χ4v) is 1.73. The maximum absolute atomic E-state index is 6.01. The first-order valence-electron chi connectivity index (χ1n) is 5.01. The van der Waals surface area contributed by atoms with E-state index in [1.165, 1.54) is 0 Å². The molecule has 0 aliphatic heterocycles. The molecular formula is C11H13ClN4. The number of nitrogen functional groups attached to an aromatic ring is 1. The number of aryl methyl sites for hydroxylation is 1. The SMILES string of the molecule is Cc1nn(C(C)c2cccnc2)c(N)c1Cl. The van der Waals surface area contributed by atoms with Crippen molar-refractivity contribution in [3.63, 3.8) is 0 Å². The van der Waals surface area contributed by atoms with Crippen LogP contribution in [0.2, 0.25) is 5.02 Å². The number of nitrogens with two attached hydrogens (primary N) is 1. The normalized spacial score (nSPS) is 12.7.